The first-order valence-corrected chi connectivity index (χ1v) is 29.4. The number of hydrogen-bond donors (Lipinski definition) is 6. The Morgan fingerprint density at radius 3 is 2.49 bits per heavy atom. The van der Waals surface area contributed by atoms with Gasteiger partial charge in [0.25, 0.3) is 0 Å². The number of ether oxygens (including phenoxy) is 4. The molecule has 22 heteroatoms. The van der Waals surface area contributed by atoms with E-state index in [0.717, 1.165) is 47.3 Å². The Bertz CT molecular complexity index is 3390. The number of H-pyrrole nitrogens is 1. The topological polar surface area (TPSA) is 244 Å². The first-order valence-electron chi connectivity index (χ1n) is 28.2. The molecule has 4 saturated heterocycles. The quantitative estimate of drug-likeness (QED) is 0.0440. The van der Waals surface area contributed by atoms with Crippen LogP contribution in [0.4, 0.5) is 10.2 Å². The van der Waals surface area contributed by atoms with Crippen molar-refractivity contribution in [2.75, 3.05) is 51.5 Å². The number of halogens is 2. The third kappa shape index (κ3) is 12.3. The van der Waals surface area contributed by atoms with E-state index in [4.69, 9.17) is 57.2 Å². The lowest BCUT2D eigenvalue weighted by molar-refractivity contribution is -0.139. The number of fused-ring (bicyclic) bond motifs is 7. The molecular weight excluding hydrogens is 1090 g/mol. The van der Waals surface area contributed by atoms with Crippen LogP contribution in [0.1, 0.15) is 94.2 Å². The number of hydrogen-bond acceptors (Lipinski definition) is 17. The van der Waals surface area contributed by atoms with Gasteiger partial charge in [0.05, 0.1) is 63.2 Å². The van der Waals surface area contributed by atoms with Crippen LogP contribution in [0.3, 0.4) is 0 Å². The molecule has 4 atom stereocenters. The van der Waals surface area contributed by atoms with Crippen LogP contribution in [0.2, 0.25) is 5.02 Å². The minimum Gasteiger partial charge on any atom is -0.489 e. The van der Waals surface area contributed by atoms with E-state index in [0.29, 0.717) is 126 Å². The van der Waals surface area contributed by atoms with Gasteiger partial charge in [-0.2, -0.15) is 15.1 Å². The van der Waals surface area contributed by atoms with Crippen molar-refractivity contribution in [3.63, 3.8) is 0 Å². The Balaban J connectivity index is 0.00000111. The number of piperazine rings is 1. The van der Waals surface area contributed by atoms with E-state index in [9.17, 15) is 9.59 Å². The summed E-state index contributed by atoms with van der Waals surface area (Å²) in [6.45, 7) is 14.9. The molecule has 2 bridgehead atoms. The summed E-state index contributed by atoms with van der Waals surface area (Å²) in [6, 6.07) is 16.8. The summed E-state index contributed by atoms with van der Waals surface area (Å²) in [5.74, 6) is 6.79. The van der Waals surface area contributed by atoms with Crippen LogP contribution in [0.15, 0.2) is 72.5 Å². The highest BCUT2D eigenvalue weighted by Gasteiger charge is 2.50. The summed E-state index contributed by atoms with van der Waals surface area (Å²) in [5, 5.41) is 23.6. The van der Waals surface area contributed by atoms with E-state index in [1.807, 2.05) is 74.8 Å². The number of aliphatic hydroxyl groups excluding tert-OH is 1. The van der Waals surface area contributed by atoms with Gasteiger partial charge in [-0.15, -0.1) is 11.3 Å². The Hall–Kier alpha value is -7.14. The first kappa shape index (κ1) is 59.5. The van der Waals surface area contributed by atoms with E-state index in [-0.39, 0.29) is 60.2 Å². The number of aryl methyl sites for hydroxylation is 1. The number of likely N-dealkylation sites (tertiary alicyclic amines) is 1. The molecule has 436 valence electrons. The normalized spacial score (nSPS) is 19.0. The number of carbonyl (C=O) groups is 2. The molecule has 8 N–H and O–H groups in total. The minimum atomic E-state index is -0.602. The molecule has 0 radical (unpaired) electrons. The molecule has 0 saturated carbocycles. The molecule has 4 unspecified atom stereocenters. The van der Waals surface area contributed by atoms with Crippen molar-refractivity contribution < 1.29 is 38.0 Å². The standard InChI is InChI=1S/C54H56ClFN12O6S.C3H8.C2H6.CH4O/c1-28-37(56)19-39-36(22-62-65-39)44(28)45-47(55)49-46-48(63-54(74-35-13-16-71-17-14-35)64-52(46)68-34-18-40(59-21-34)42(68)26-73-49)50(45)72-25-31-7-9-32(10-8-31)38(57)23-66(58)24-43(69)67-15-3-4-41(67)53(70)60-20-30-5-11-33(12-6-30)51-29(2)61-27-75-51;1-3-2;2*1-2/h5-12,19,22-23,27,34-35,40-42,59H,3-4,13-18,20-21,24-26,57-58H2,1-2H3,(H,60,70)(H,62,65);3H2,1-2H3;1-2H3;2H,1H3/b38-23-;;;. The molecular formula is C60H74ClFN12O7S. The first-order chi connectivity index (χ1) is 39.9. The number of nitrogens with two attached hydrogens (primary N) is 2. The third-order valence-electron chi connectivity index (χ3n) is 15.2. The fourth-order valence-corrected chi connectivity index (χ4v) is 12.5. The van der Waals surface area contributed by atoms with Gasteiger partial charge in [0, 0.05) is 74.4 Å². The molecule has 19 nitrogen and oxygen atoms in total. The summed E-state index contributed by atoms with van der Waals surface area (Å²) in [6.07, 6.45) is 7.81. The van der Waals surface area contributed by atoms with Gasteiger partial charge >= 0.3 is 6.01 Å². The van der Waals surface area contributed by atoms with Crippen LogP contribution in [-0.2, 0) is 27.5 Å². The Morgan fingerprint density at radius 1 is 1.04 bits per heavy atom. The van der Waals surface area contributed by atoms with Crippen molar-refractivity contribution in [2.45, 2.75) is 123 Å². The Kier molecular flexibility index (Phi) is 19.5. The molecule has 2 amide bonds. The van der Waals surface area contributed by atoms with Crippen molar-refractivity contribution in [1.29, 1.82) is 0 Å². The predicted molar refractivity (Wildman–Crippen MR) is 319 cm³/mol. The van der Waals surface area contributed by atoms with Gasteiger partial charge in [-0.3, -0.25) is 14.7 Å². The highest BCUT2D eigenvalue weighted by molar-refractivity contribution is 7.13. The zero-order chi connectivity index (χ0) is 58.2. The van der Waals surface area contributed by atoms with Gasteiger partial charge in [0.2, 0.25) is 11.8 Å². The maximum Gasteiger partial charge on any atom is 0.319 e. The monoisotopic (exact) mass is 1160 g/mol. The molecule has 0 spiro atoms. The number of rotatable bonds is 14. The van der Waals surface area contributed by atoms with Crippen molar-refractivity contribution >= 4 is 68.1 Å². The molecule has 82 heavy (non-hydrogen) atoms. The summed E-state index contributed by atoms with van der Waals surface area (Å²) in [5.41, 5.74) is 15.3. The summed E-state index contributed by atoms with van der Waals surface area (Å²) in [4.78, 5) is 46.6. The van der Waals surface area contributed by atoms with E-state index < -0.39 is 11.9 Å². The average molecular weight is 1160 g/mol. The van der Waals surface area contributed by atoms with Gasteiger partial charge in [0.1, 0.15) is 49.1 Å². The second kappa shape index (κ2) is 26.8. The number of benzene rings is 4. The van der Waals surface area contributed by atoms with Gasteiger partial charge in [-0.25, -0.2) is 15.2 Å². The minimum absolute atomic E-state index is 0.0338. The van der Waals surface area contributed by atoms with Crippen molar-refractivity contribution in [3.8, 4) is 39.1 Å². The highest BCUT2D eigenvalue weighted by atomic mass is 35.5. The van der Waals surface area contributed by atoms with Gasteiger partial charge in [-0.05, 0) is 67.0 Å². The number of aromatic nitrogens is 5. The van der Waals surface area contributed by atoms with E-state index in [1.54, 1.807) is 29.4 Å². The number of anilines is 1. The fraction of sp³-hybridized carbons (Fsp3) is 0.433. The van der Waals surface area contributed by atoms with E-state index >= 15 is 4.39 Å². The predicted octanol–water partition coefficient (Wildman–Crippen LogP) is 8.95. The Morgan fingerprint density at radius 2 is 1.77 bits per heavy atom. The number of aromatic amines is 1. The molecule has 12 rings (SSSR count). The van der Waals surface area contributed by atoms with E-state index in [2.05, 4.69) is 44.6 Å². The van der Waals surface area contributed by atoms with Gasteiger partial charge in [0.15, 0.2) is 11.5 Å². The maximum atomic E-state index is 16.0. The Labute approximate surface area is 486 Å². The van der Waals surface area contributed by atoms with Gasteiger partial charge < -0.3 is 55.2 Å². The summed E-state index contributed by atoms with van der Waals surface area (Å²) in [7, 11) is 1.00. The highest BCUT2D eigenvalue weighted by Crippen LogP contribution is 2.55. The lowest BCUT2D eigenvalue weighted by Crippen LogP contribution is -2.53. The molecule has 4 aromatic carbocycles. The van der Waals surface area contributed by atoms with Gasteiger partial charge in [-0.1, -0.05) is 94.2 Å². The number of nitrogens with one attached hydrogen (secondary N) is 3. The second-order valence-electron chi connectivity index (χ2n) is 20.6. The maximum absolute atomic E-state index is 16.0. The lowest BCUT2D eigenvalue weighted by atomic mass is 9.93. The van der Waals surface area contributed by atoms with E-state index in [1.165, 1.54) is 23.7 Å². The zero-order valence-electron chi connectivity index (χ0n) is 47.6. The average Bonchev–Trinajstić information content (AvgIpc) is 3.93. The number of hydrazine groups is 1. The number of carbonyl (C=O) groups excluding carboxylic acids is 2. The molecule has 5 aliphatic heterocycles. The van der Waals surface area contributed by atoms with Crippen LogP contribution >= 0.6 is 22.9 Å². The number of aliphatic hydroxyl groups is 1. The van der Waals surface area contributed by atoms with Crippen molar-refractivity contribution in [1.82, 2.24) is 45.7 Å². The zero-order valence-corrected chi connectivity index (χ0v) is 49.1. The number of amides is 2. The number of thiazole rings is 1. The van der Waals surface area contributed by atoms with Crippen LogP contribution in [-0.4, -0.2) is 129 Å². The van der Waals surface area contributed by atoms with Crippen LogP contribution < -0.4 is 41.3 Å². The molecule has 4 fully saturated rings. The van der Waals surface area contributed by atoms with Crippen molar-refractivity contribution in [3.05, 3.63) is 111 Å². The largest absolute Gasteiger partial charge is 0.489 e. The molecule has 3 aromatic heterocycles. The van der Waals surface area contributed by atoms with Crippen molar-refractivity contribution in [2.24, 2.45) is 11.6 Å². The van der Waals surface area contributed by atoms with Crippen LogP contribution in [0.25, 0.3) is 49.1 Å². The molecule has 7 aromatic rings. The lowest BCUT2D eigenvalue weighted by Gasteiger charge is -2.35. The molecule has 8 heterocycles. The summed E-state index contributed by atoms with van der Waals surface area (Å²) >= 11 is 9.18. The third-order valence-corrected chi connectivity index (χ3v) is 16.5. The fourth-order valence-electron chi connectivity index (χ4n) is 11.3. The smallest absolute Gasteiger partial charge is 0.319 e. The number of nitrogens with zero attached hydrogens (tertiary/aromatic N) is 7. The second-order valence-corrected chi connectivity index (χ2v) is 21.8. The molecule has 0 aliphatic carbocycles. The molecule has 5 aliphatic rings. The van der Waals surface area contributed by atoms with Crippen LogP contribution in [0, 0.1) is 19.7 Å². The van der Waals surface area contributed by atoms with Crippen LogP contribution in [0.5, 0.6) is 17.5 Å². The SMILES string of the molecule is CC.CCC.CO.Cc1ncsc1-c1ccc(CNC(=O)C2CCCN2C(=O)CN(N)/C=C(\N)c2ccc(COc3c(-c4c(C)c(F)cc5[nH]ncc45)c(Cl)c4c5c(nc(OC6CCOCC6)nc35)N3C5CNC(C5)C3CO4)cc2)cc1. The summed E-state index contributed by atoms with van der Waals surface area (Å²) < 4.78 is 41.9.